The predicted octanol–water partition coefficient (Wildman–Crippen LogP) is 3.18. The first-order valence-corrected chi connectivity index (χ1v) is 7.44. The number of hydrogen-bond donors (Lipinski definition) is 2. The Hall–Kier alpha value is -1.35. The Morgan fingerprint density at radius 1 is 1.20 bits per heavy atom. The number of nitrogens with one attached hydrogen (secondary N) is 1. The summed E-state index contributed by atoms with van der Waals surface area (Å²) in [5.74, 6) is 0.382. The molecule has 3 unspecified atom stereocenters. The average Bonchev–Trinajstić information content (AvgIpc) is 2.36. The number of carbonyl (C=O) groups is 1. The van der Waals surface area contributed by atoms with Crippen molar-refractivity contribution >= 4 is 5.91 Å². The molecular formula is C17H28N2O. The predicted molar refractivity (Wildman–Crippen MR) is 84.3 cm³/mol. The fourth-order valence-corrected chi connectivity index (χ4v) is 2.25. The van der Waals surface area contributed by atoms with E-state index in [1.807, 2.05) is 26.0 Å². The van der Waals surface area contributed by atoms with Gasteiger partial charge in [0.05, 0.1) is 6.04 Å². The molecule has 0 saturated carbocycles. The number of amides is 1. The van der Waals surface area contributed by atoms with Gasteiger partial charge in [0.15, 0.2) is 0 Å². The van der Waals surface area contributed by atoms with E-state index in [9.17, 15) is 4.79 Å². The molecule has 0 heterocycles. The molecule has 1 amide bonds. The molecule has 1 rings (SSSR count). The molecule has 3 heteroatoms. The van der Waals surface area contributed by atoms with Crippen molar-refractivity contribution in [1.82, 2.24) is 5.32 Å². The Labute approximate surface area is 122 Å². The lowest BCUT2D eigenvalue weighted by atomic mass is 9.93. The Balaban J connectivity index is 2.91. The lowest BCUT2D eigenvalue weighted by Gasteiger charge is -2.25. The van der Waals surface area contributed by atoms with Crippen LogP contribution in [0.1, 0.15) is 51.3 Å². The van der Waals surface area contributed by atoms with Gasteiger partial charge < -0.3 is 11.1 Å². The summed E-state index contributed by atoms with van der Waals surface area (Å²) < 4.78 is 0. The SMILES string of the molecule is Cc1ccccc1C(CC(C)C)NC(=O)C(C)C(C)N. The number of hydrogen-bond acceptors (Lipinski definition) is 2. The van der Waals surface area contributed by atoms with Crippen molar-refractivity contribution in [3.05, 3.63) is 35.4 Å². The summed E-state index contributed by atoms with van der Waals surface area (Å²) in [6.45, 7) is 10.2. The maximum absolute atomic E-state index is 12.3. The number of nitrogens with two attached hydrogens (primary N) is 1. The van der Waals surface area contributed by atoms with E-state index in [2.05, 4.69) is 38.2 Å². The third-order valence-corrected chi connectivity index (χ3v) is 3.79. The fourth-order valence-electron chi connectivity index (χ4n) is 2.25. The third-order valence-electron chi connectivity index (χ3n) is 3.79. The van der Waals surface area contributed by atoms with Gasteiger partial charge in [0.25, 0.3) is 0 Å². The maximum Gasteiger partial charge on any atom is 0.224 e. The summed E-state index contributed by atoms with van der Waals surface area (Å²) >= 11 is 0. The zero-order chi connectivity index (χ0) is 15.3. The van der Waals surface area contributed by atoms with Crippen molar-refractivity contribution in [2.45, 2.75) is 53.1 Å². The summed E-state index contributed by atoms with van der Waals surface area (Å²) in [4.78, 5) is 12.3. The van der Waals surface area contributed by atoms with E-state index in [-0.39, 0.29) is 23.9 Å². The highest BCUT2D eigenvalue weighted by Crippen LogP contribution is 2.24. The second-order valence-corrected chi connectivity index (χ2v) is 6.20. The molecule has 0 saturated heterocycles. The minimum absolute atomic E-state index is 0.0360. The Morgan fingerprint density at radius 2 is 1.80 bits per heavy atom. The van der Waals surface area contributed by atoms with Crippen molar-refractivity contribution in [2.75, 3.05) is 0 Å². The van der Waals surface area contributed by atoms with Crippen LogP contribution in [-0.4, -0.2) is 11.9 Å². The standard InChI is InChI=1S/C17H28N2O/c1-11(2)10-16(15-9-7-6-8-12(15)3)19-17(20)13(4)14(5)18/h6-9,11,13-14,16H,10,18H2,1-5H3,(H,19,20). The largest absolute Gasteiger partial charge is 0.349 e. The maximum atomic E-state index is 12.3. The van der Waals surface area contributed by atoms with Gasteiger partial charge in [0.2, 0.25) is 5.91 Å². The lowest BCUT2D eigenvalue weighted by Crippen LogP contribution is -2.40. The first-order chi connectivity index (χ1) is 9.32. The van der Waals surface area contributed by atoms with Crippen LogP contribution in [0.3, 0.4) is 0 Å². The molecule has 0 bridgehead atoms. The molecule has 0 aromatic heterocycles. The van der Waals surface area contributed by atoms with E-state index in [4.69, 9.17) is 5.73 Å². The minimum Gasteiger partial charge on any atom is -0.349 e. The van der Waals surface area contributed by atoms with E-state index >= 15 is 0 Å². The van der Waals surface area contributed by atoms with E-state index in [1.54, 1.807) is 0 Å². The van der Waals surface area contributed by atoms with E-state index < -0.39 is 0 Å². The molecule has 112 valence electrons. The van der Waals surface area contributed by atoms with Crippen LogP contribution in [0, 0.1) is 18.8 Å². The Kier molecular flexibility index (Phi) is 6.21. The van der Waals surface area contributed by atoms with Gasteiger partial charge in [-0.2, -0.15) is 0 Å². The van der Waals surface area contributed by atoms with Crippen LogP contribution in [0.4, 0.5) is 0 Å². The molecule has 0 aliphatic rings. The third kappa shape index (κ3) is 4.64. The normalized spacial score (nSPS) is 15.8. The van der Waals surface area contributed by atoms with E-state index in [0.29, 0.717) is 5.92 Å². The Bertz CT molecular complexity index is 440. The number of rotatable bonds is 6. The van der Waals surface area contributed by atoms with Crippen LogP contribution in [0.5, 0.6) is 0 Å². The Morgan fingerprint density at radius 3 is 2.30 bits per heavy atom. The molecule has 3 N–H and O–H groups in total. The molecule has 0 spiro atoms. The van der Waals surface area contributed by atoms with Crippen molar-refractivity contribution < 1.29 is 4.79 Å². The summed E-state index contributed by atoms with van der Waals surface area (Å²) in [5, 5.41) is 3.17. The van der Waals surface area contributed by atoms with Gasteiger partial charge in [0, 0.05) is 12.0 Å². The van der Waals surface area contributed by atoms with Gasteiger partial charge in [-0.05, 0) is 37.3 Å². The van der Waals surface area contributed by atoms with Gasteiger partial charge in [0.1, 0.15) is 0 Å². The van der Waals surface area contributed by atoms with Crippen molar-refractivity contribution in [2.24, 2.45) is 17.6 Å². The molecule has 3 nitrogen and oxygen atoms in total. The topological polar surface area (TPSA) is 55.1 Å². The second-order valence-electron chi connectivity index (χ2n) is 6.20. The van der Waals surface area contributed by atoms with Gasteiger partial charge in [-0.3, -0.25) is 4.79 Å². The molecule has 0 aliphatic carbocycles. The monoisotopic (exact) mass is 276 g/mol. The first-order valence-electron chi connectivity index (χ1n) is 7.44. The van der Waals surface area contributed by atoms with Crippen LogP contribution in [0.25, 0.3) is 0 Å². The minimum atomic E-state index is -0.173. The van der Waals surface area contributed by atoms with E-state index in [1.165, 1.54) is 11.1 Å². The molecular weight excluding hydrogens is 248 g/mol. The molecule has 0 fully saturated rings. The summed E-state index contributed by atoms with van der Waals surface area (Å²) in [6, 6.07) is 8.16. The van der Waals surface area contributed by atoms with Crippen molar-refractivity contribution in [3.63, 3.8) is 0 Å². The van der Waals surface area contributed by atoms with Crippen LogP contribution in [-0.2, 0) is 4.79 Å². The summed E-state index contributed by atoms with van der Waals surface area (Å²) in [6.07, 6.45) is 0.933. The number of benzene rings is 1. The van der Waals surface area contributed by atoms with Gasteiger partial charge in [-0.25, -0.2) is 0 Å². The number of carbonyl (C=O) groups excluding carboxylic acids is 1. The quantitative estimate of drug-likeness (QED) is 0.838. The van der Waals surface area contributed by atoms with Crippen LogP contribution >= 0.6 is 0 Å². The molecule has 0 aliphatic heterocycles. The molecule has 3 atom stereocenters. The van der Waals surface area contributed by atoms with Crippen molar-refractivity contribution in [1.29, 1.82) is 0 Å². The van der Waals surface area contributed by atoms with Gasteiger partial charge in [-0.1, -0.05) is 45.0 Å². The molecule has 1 aromatic carbocycles. The van der Waals surface area contributed by atoms with Crippen LogP contribution in [0.15, 0.2) is 24.3 Å². The van der Waals surface area contributed by atoms with Crippen LogP contribution < -0.4 is 11.1 Å². The van der Waals surface area contributed by atoms with E-state index in [0.717, 1.165) is 6.42 Å². The summed E-state index contributed by atoms with van der Waals surface area (Å²) in [7, 11) is 0. The lowest BCUT2D eigenvalue weighted by molar-refractivity contribution is -0.125. The highest BCUT2D eigenvalue weighted by Gasteiger charge is 2.22. The summed E-state index contributed by atoms with van der Waals surface area (Å²) in [5.41, 5.74) is 8.24. The highest BCUT2D eigenvalue weighted by atomic mass is 16.1. The number of aryl methyl sites for hydroxylation is 1. The van der Waals surface area contributed by atoms with Crippen LogP contribution in [0.2, 0.25) is 0 Å². The molecule has 0 radical (unpaired) electrons. The average molecular weight is 276 g/mol. The second kappa shape index (κ2) is 7.44. The fraction of sp³-hybridized carbons (Fsp3) is 0.588. The molecule has 20 heavy (non-hydrogen) atoms. The zero-order valence-electron chi connectivity index (χ0n) is 13.3. The zero-order valence-corrected chi connectivity index (χ0v) is 13.3. The smallest absolute Gasteiger partial charge is 0.224 e. The van der Waals surface area contributed by atoms with Gasteiger partial charge >= 0.3 is 0 Å². The van der Waals surface area contributed by atoms with Gasteiger partial charge in [-0.15, -0.1) is 0 Å². The molecule has 1 aromatic rings. The highest BCUT2D eigenvalue weighted by molar-refractivity contribution is 5.79. The first kappa shape index (κ1) is 16.7. The van der Waals surface area contributed by atoms with Crippen molar-refractivity contribution in [3.8, 4) is 0 Å².